The average Bonchev–Trinajstić information content (AvgIpc) is 3.29. The highest BCUT2D eigenvalue weighted by Gasteiger charge is 2.31. The van der Waals surface area contributed by atoms with Crippen LogP contribution in [-0.4, -0.2) is 58.1 Å². The van der Waals surface area contributed by atoms with E-state index in [4.69, 9.17) is 0 Å². The predicted molar refractivity (Wildman–Crippen MR) is 107 cm³/mol. The van der Waals surface area contributed by atoms with Crippen molar-refractivity contribution in [3.05, 3.63) is 35.7 Å². The molecule has 1 aliphatic heterocycles. The molecule has 0 atom stereocenters. The zero-order valence-corrected chi connectivity index (χ0v) is 17.3. The molecule has 3 heterocycles. The lowest BCUT2D eigenvalue weighted by Crippen LogP contribution is -2.48. The van der Waals surface area contributed by atoms with Crippen LogP contribution < -0.4 is 9.64 Å². The summed E-state index contributed by atoms with van der Waals surface area (Å²) in [7, 11) is 0. The van der Waals surface area contributed by atoms with Crippen LogP contribution >= 0.6 is 11.3 Å². The van der Waals surface area contributed by atoms with Crippen LogP contribution in [-0.2, 0) is 6.54 Å². The molecule has 4 rings (SSSR count). The van der Waals surface area contributed by atoms with Gasteiger partial charge in [-0.1, -0.05) is 11.3 Å². The first kappa shape index (κ1) is 20.5. The summed E-state index contributed by atoms with van der Waals surface area (Å²) in [5.74, 6) is -0.356. The number of aromatic nitrogens is 3. The second-order valence-corrected chi connectivity index (χ2v) is 7.95. The summed E-state index contributed by atoms with van der Waals surface area (Å²) in [5.41, 5.74) is 2.01. The summed E-state index contributed by atoms with van der Waals surface area (Å²) < 4.78 is 43.7. The summed E-state index contributed by atoms with van der Waals surface area (Å²) in [6, 6.07) is 5.92. The van der Waals surface area contributed by atoms with Gasteiger partial charge in [0.15, 0.2) is 10.8 Å². The van der Waals surface area contributed by atoms with Crippen LogP contribution in [0.2, 0.25) is 0 Å². The number of benzene rings is 1. The number of fused-ring (bicyclic) bond motifs is 1. The molecule has 11 heteroatoms. The highest BCUT2D eigenvalue weighted by Crippen LogP contribution is 2.33. The number of alkyl halides is 3. The normalized spacial score (nSPS) is 15.1. The van der Waals surface area contributed by atoms with Crippen LogP contribution in [0.3, 0.4) is 0 Å². The maximum atomic E-state index is 12.7. The third-order valence-corrected chi connectivity index (χ3v) is 6.00. The number of thiazole rings is 1. The first-order valence-electron chi connectivity index (χ1n) is 9.48. The number of hydrogen-bond donors (Lipinski definition) is 0. The summed E-state index contributed by atoms with van der Waals surface area (Å²) in [5, 5.41) is 5.07. The Hall–Kier alpha value is -2.82. The van der Waals surface area contributed by atoms with Crippen molar-refractivity contribution in [2.45, 2.75) is 26.8 Å². The molecule has 7 nitrogen and oxygen atoms in total. The van der Waals surface area contributed by atoms with Gasteiger partial charge in [0.05, 0.1) is 10.2 Å². The number of anilines is 1. The highest BCUT2D eigenvalue weighted by atomic mass is 32.1. The van der Waals surface area contributed by atoms with Crippen molar-refractivity contribution in [1.82, 2.24) is 19.7 Å². The number of carbonyl (C=O) groups is 1. The molecule has 0 spiro atoms. The molecule has 1 saturated heterocycles. The summed E-state index contributed by atoms with van der Waals surface area (Å²) in [4.78, 5) is 21.0. The summed E-state index contributed by atoms with van der Waals surface area (Å²) in [6.45, 7) is 6.83. The molecule has 1 aromatic carbocycles. The number of nitrogens with zero attached hydrogens (tertiary/aromatic N) is 5. The minimum atomic E-state index is -4.73. The molecular formula is C19H20F3N5O2S. The highest BCUT2D eigenvalue weighted by molar-refractivity contribution is 7.22. The topological polar surface area (TPSA) is 63.5 Å². The fraction of sp³-hybridized carbons (Fsp3) is 0.421. The number of halogens is 3. The minimum absolute atomic E-state index is 0.0943. The van der Waals surface area contributed by atoms with E-state index in [1.165, 1.54) is 29.5 Å². The predicted octanol–water partition coefficient (Wildman–Crippen LogP) is 3.68. The van der Waals surface area contributed by atoms with E-state index in [-0.39, 0.29) is 11.7 Å². The second kappa shape index (κ2) is 7.78. The van der Waals surface area contributed by atoms with E-state index in [0.29, 0.717) is 53.8 Å². The number of piperazine rings is 1. The van der Waals surface area contributed by atoms with Crippen LogP contribution in [0.5, 0.6) is 5.75 Å². The number of ether oxygens (including phenoxy) is 1. The monoisotopic (exact) mass is 439 g/mol. The Balaban J connectivity index is 1.43. The molecule has 30 heavy (non-hydrogen) atoms. The first-order chi connectivity index (χ1) is 14.2. The summed E-state index contributed by atoms with van der Waals surface area (Å²) in [6.07, 6.45) is -4.73. The minimum Gasteiger partial charge on any atom is -0.406 e. The van der Waals surface area contributed by atoms with Gasteiger partial charge in [0, 0.05) is 44.5 Å². The van der Waals surface area contributed by atoms with Crippen LogP contribution in [0.1, 0.15) is 23.1 Å². The van der Waals surface area contributed by atoms with Gasteiger partial charge in [0.2, 0.25) is 0 Å². The van der Waals surface area contributed by atoms with Gasteiger partial charge < -0.3 is 14.5 Å². The van der Waals surface area contributed by atoms with E-state index in [9.17, 15) is 18.0 Å². The second-order valence-electron chi connectivity index (χ2n) is 6.94. The van der Waals surface area contributed by atoms with Gasteiger partial charge in [-0.05, 0) is 32.0 Å². The molecule has 160 valence electrons. The van der Waals surface area contributed by atoms with Gasteiger partial charge in [-0.15, -0.1) is 13.2 Å². The zero-order valence-electron chi connectivity index (χ0n) is 16.4. The average molecular weight is 439 g/mol. The number of aryl methyl sites for hydroxylation is 2. The lowest BCUT2D eigenvalue weighted by atomic mass is 10.2. The van der Waals surface area contributed by atoms with Crippen molar-refractivity contribution in [1.29, 1.82) is 0 Å². The van der Waals surface area contributed by atoms with E-state index in [1.54, 1.807) is 15.6 Å². The number of hydrogen-bond acceptors (Lipinski definition) is 6. The third-order valence-electron chi connectivity index (χ3n) is 4.92. The Morgan fingerprint density at radius 3 is 2.57 bits per heavy atom. The molecular weight excluding hydrogens is 419 g/mol. The molecule has 1 aliphatic rings. The fourth-order valence-corrected chi connectivity index (χ4v) is 4.47. The molecule has 2 aromatic heterocycles. The SMILES string of the molecule is CCn1nc(C(=O)N2CCN(c3nc4ccc(OC(F)(F)F)cc4s3)CC2)cc1C. The van der Waals surface area contributed by atoms with E-state index < -0.39 is 6.36 Å². The van der Waals surface area contributed by atoms with E-state index in [2.05, 4.69) is 14.8 Å². The molecule has 3 aromatic rings. The Morgan fingerprint density at radius 2 is 1.93 bits per heavy atom. The van der Waals surface area contributed by atoms with Crippen molar-refractivity contribution in [2.75, 3.05) is 31.1 Å². The van der Waals surface area contributed by atoms with Gasteiger partial charge in [0.1, 0.15) is 5.75 Å². The third kappa shape index (κ3) is 4.20. The molecule has 0 bridgehead atoms. The van der Waals surface area contributed by atoms with E-state index in [0.717, 1.165) is 5.69 Å². The van der Waals surface area contributed by atoms with E-state index >= 15 is 0 Å². The zero-order chi connectivity index (χ0) is 21.5. The summed E-state index contributed by atoms with van der Waals surface area (Å²) >= 11 is 1.31. The van der Waals surface area contributed by atoms with Gasteiger partial charge >= 0.3 is 6.36 Å². The fourth-order valence-electron chi connectivity index (χ4n) is 3.42. The smallest absolute Gasteiger partial charge is 0.406 e. The Kier molecular flexibility index (Phi) is 5.31. The number of amides is 1. The standard InChI is InChI=1S/C19H20F3N5O2S/c1-3-27-12(2)10-15(24-27)17(28)25-6-8-26(9-7-25)18-23-14-5-4-13(11-16(14)30-18)29-19(20,21)22/h4-5,10-11H,3,6-9H2,1-2H3. The molecule has 0 aliphatic carbocycles. The van der Waals surface area contributed by atoms with Gasteiger partial charge in [-0.25, -0.2) is 4.98 Å². The molecule has 0 radical (unpaired) electrons. The van der Waals surface area contributed by atoms with Gasteiger partial charge in [0.25, 0.3) is 5.91 Å². The number of carbonyl (C=O) groups excluding carboxylic acids is 1. The molecule has 0 N–H and O–H groups in total. The van der Waals surface area contributed by atoms with Gasteiger partial charge in [-0.2, -0.15) is 5.10 Å². The molecule has 0 unspecified atom stereocenters. The quantitative estimate of drug-likeness (QED) is 0.621. The van der Waals surface area contributed by atoms with Crippen molar-refractivity contribution in [2.24, 2.45) is 0 Å². The van der Waals surface area contributed by atoms with Crippen LogP contribution in [0, 0.1) is 6.92 Å². The van der Waals surface area contributed by atoms with Crippen LogP contribution in [0.15, 0.2) is 24.3 Å². The van der Waals surface area contributed by atoms with Crippen molar-refractivity contribution in [3.8, 4) is 5.75 Å². The Labute approximate surface area is 174 Å². The lowest BCUT2D eigenvalue weighted by molar-refractivity contribution is -0.274. The van der Waals surface area contributed by atoms with Crippen LogP contribution in [0.4, 0.5) is 18.3 Å². The molecule has 1 fully saturated rings. The lowest BCUT2D eigenvalue weighted by Gasteiger charge is -2.34. The maximum absolute atomic E-state index is 12.7. The largest absolute Gasteiger partial charge is 0.573 e. The van der Waals surface area contributed by atoms with Crippen molar-refractivity contribution in [3.63, 3.8) is 0 Å². The Bertz CT molecular complexity index is 1070. The van der Waals surface area contributed by atoms with Crippen molar-refractivity contribution < 1.29 is 22.7 Å². The number of rotatable bonds is 4. The molecule has 1 amide bonds. The van der Waals surface area contributed by atoms with Crippen molar-refractivity contribution >= 4 is 32.6 Å². The van der Waals surface area contributed by atoms with Gasteiger partial charge in [-0.3, -0.25) is 9.48 Å². The molecule has 0 saturated carbocycles. The first-order valence-corrected chi connectivity index (χ1v) is 10.3. The maximum Gasteiger partial charge on any atom is 0.573 e. The van der Waals surface area contributed by atoms with Crippen LogP contribution in [0.25, 0.3) is 10.2 Å². The van der Waals surface area contributed by atoms with E-state index in [1.807, 2.05) is 18.7 Å². The Morgan fingerprint density at radius 1 is 1.20 bits per heavy atom.